The van der Waals surface area contributed by atoms with Gasteiger partial charge in [-0.1, -0.05) is 12.1 Å². The molecule has 138 valence electrons. The van der Waals surface area contributed by atoms with Crippen molar-refractivity contribution in [3.05, 3.63) is 57.3 Å². The van der Waals surface area contributed by atoms with Crippen molar-refractivity contribution in [2.75, 3.05) is 39.3 Å². The first kappa shape index (κ1) is 18.6. The van der Waals surface area contributed by atoms with Crippen LogP contribution in [0.5, 0.6) is 0 Å². The third kappa shape index (κ3) is 4.51. The fourth-order valence-corrected chi connectivity index (χ4v) is 3.69. The molecule has 1 fully saturated rings. The van der Waals surface area contributed by atoms with Crippen LogP contribution in [0.2, 0.25) is 0 Å². The molecule has 3 rings (SSSR count). The van der Waals surface area contributed by atoms with Crippen LogP contribution in [-0.4, -0.2) is 60.9 Å². The minimum atomic E-state index is -0.0106. The van der Waals surface area contributed by atoms with Gasteiger partial charge in [0, 0.05) is 44.8 Å². The Morgan fingerprint density at radius 3 is 2.50 bits per heavy atom. The molecule has 2 aromatic rings. The van der Waals surface area contributed by atoms with Crippen molar-refractivity contribution >= 4 is 23.2 Å². The number of carbonyl (C=O) groups is 2. The fraction of sp³-hybridized carbons (Fsp3) is 0.400. The zero-order valence-corrected chi connectivity index (χ0v) is 16.1. The summed E-state index contributed by atoms with van der Waals surface area (Å²) < 4.78 is 0. The number of hydrogen-bond donors (Lipinski definition) is 1. The summed E-state index contributed by atoms with van der Waals surface area (Å²) in [5.41, 5.74) is 3.12. The molecule has 1 N–H and O–H groups in total. The van der Waals surface area contributed by atoms with E-state index in [0.717, 1.165) is 48.7 Å². The van der Waals surface area contributed by atoms with Crippen LogP contribution in [0, 0.1) is 13.8 Å². The lowest BCUT2D eigenvalue weighted by atomic mass is 10.1. The SMILES string of the molecule is Cc1ccc(C(=O)N2CCN(CCNC(=O)c3cccs3)CC2)cc1C. The first-order valence-corrected chi connectivity index (χ1v) is 9.83. The van der Waals surface area contributed by atoms with Crippen LogP contribution in [0.1, 0.15) is 31.2 Å². The van der Waals surface area contributed by atoms with Crippen molar-refractivity contribution in [2.45, 2.75) is 13.8 Å². The molecule has 0 atom stereocenters. The molecule has 1 aromatic heterocycles. The van der Waals surface area contributed by atoms with Crippen molar-refractivity contribution in [2.24, 2.45) is 0 Å². The molecular formula is C20H25N3O2S. The molecule has 0 saturated carbocycles. The Morgan fingerprint density at radius 1 is 1.08 bits per heavy atom. The van der Waals surface area contributed by atoms with E-state index >= 15 is 0 Å². The molecule has 0 radical (unpaired) electrons. The van der Waals surface area contributed by atoms with Crippen molar-refractivity contribution in [1.82, 2.24) is 15.1 Å². The van der Waals surface area contributed by atoms with Crippen molar-refractivity contribution in [1.29, 1.82) is 0 Å². The molecule has 1 aromatic carbocycles. The summed E-state index contributed by atoms with van der Waals surface area (Å²) in [5.74, 6) is 0.0994. The molecule has 1 aliphatic rings. The van der Waals surface area contributed by atoms with Crippen molar-refractivity contribution < 1.29 is 9.59 Å². The number of piperazine rings is 1. The molecule has 1 saturated heterocycles. The Balaban J connectivity index is 1.43. The van der Waals surface area contributed by atoms with Crippen LogP contribution in [0.4, 0.5) is 0 Å². The molecule has 26 heavy (non-hydrogen) atoms. The van der Waals surface area contributed by atoms with Crippen LogP contribution in [-0.2, 0) is 0 Å². The second-order valence-electron chi connectivity index (χ2n) is 6.67. The molecule has 6 heteroatoms. The number of nitrogens with zero attached hydrogens (tertiary/aromatic N) is 2. The minimum absolute atomic E-state index is 0.0106. The molecule has 2 heterocycles. The Hall–Kier alpha value is -2.18. The van der Waals surface area contributed by atoms with E-state index in [1.54, 1.807) is 0 Å². The second-order valence-corrected chi connectivity index (χ2v) is 7.61. The molecule has 0 unspecified atom stereocenters. The Kier molecular flexibility index (Phi) is 6.06. The number of rotatable bonds is 5. The van der Waals surface area contributed by atoms with E-state index in [9.17, 15) is 9.59 Å². The molecule has 2 amide bonds. The van der Waals surface area contributed by atoms with Crippen LogP contribution in [0.3, 0.4) is 0 Å². The third-order valence-corrected chi connectivity index (χ3v) is 5.74. The lowest BCUT2D eigenvalue weighted by molar-refractivity contribution is 0.0638. The van der Waals surface area contributed by atoms with E-state index in [2.05, 4.69) is 17.1 Å². The van der Waals surface area contributed by atoms with Gasteiger partial charge in [0.15, 0.2) is 0 Å². The lowest BCUT2D eigenvalue weighted by Crippen LogP contribution is -2.50. The van der Waals surface area contributed by atoms with Gasteiger partial charge in [0.1, 0.15) is 0 Å². The number of thiophene rings is 1. The summed E-state index contributed by atoms with van der Waals surface area (Å²) >= 11 is 1.45. The smallest absolute Gasteiger partial charge is 0.261 e. The van der Waals surface area contributed by atoms with Gasteiger partial charge in [0.25, 0.3) is 11.8 Å². The second kappa shape index (κ2) is 8.47. The maximum Gasteiger partial charge on any atom is 0.261 e. The van der Waals surface area contributed by atoms with Gasteiger partial charge in [-0.3, -0.25) is 14.5 Å². The van der Waals surface area contributed by atoms with E-state index in [0.29, 0.717) is 6.54 Å². The van der Waals surface area contributed by atoms with Crippen LogP contribution >= 0.6 is 11.3 Å². The largest absolute Gasteiger partial charge is 0.350 e. The predicted molar refractivity (Wildman–Crippen MR) is 105 cm³/mol. The molecule has 5 nitrogen and oxygen atoms in total. The molecule has 0 spiro atoms. The molecule has 0 aliphatic carbocycles. The number of amides is 2. The van der Waals surface area contributed by atoms with Gasteiger partial charge in [0.05, 0.1) is 4.88 Å². The topological polar surface area (TPSA) is 52.7 Å². The summed E-state index contributed by atoms with van der Waals surface area (Å²) in [4.78, 5) is 29.5. The van der Waals surface area contributed by atoms with Gasteiger partial charge in [-0.25, -0.2) is 0 Å². The average Bonchev–Trinajstić information content (AvgIpc) is 3.19. The van der Waals surface area contributed by atoms with E-state index in [4.69, 9.17) is 0 Å². The maximum atomic E-state index is 12.7. The van der Waals surface area contributed by atoms with E-state index in [-0.39, 0.29) is 11.8 Å². The zero-order chi connectivity index (χ0) is 18.5. The van der Waals surface area contributed by atoms with Gasteiger partial charge < -0.3 is 10.2 Å². The average molecular weight is 372 g/mol. The summed E-state index contributed by atoms with van der Waals surface area (Å²) in [5, 5.41) is 4.86. The zero-order valence-electron chi connectivity index (χ0n) is 15.3. The highest BCUT2D eigenvalue weighted by Gasteiger charge is 2.22. The van der Waals surface area contributed by atoms with Crippen molar-refractivity contribution in [3.8, 4) is 0 Å². The van der Waals surface area contributed by atoms with Crippen LogP contribution in [0.15, 0.2) is 35.7 Å². The summed E-state index contributed by atoms with van der Waals surface area (Å²) in [6.45, 7) is 8.66. The minimum Gasteiger partial charge on any atom is -0.350 e. The molecular weight excluding hydrogens is 346 g/mol. The van der Waals surface area contributed by atoms with Gasteiger partial charge in [-0.15, -0.1) is 11.3 Å². The highest BCUT2D eigenvalue weighted by atomic mass is 32.1. The molecule has 1 aliphatic heterocycles. The number of aryl methyl sites for hydroxylation is 2. The van der Waals surface area contributed by atoms with Gasteiger partial charge >= 0.3 is 0 Å². The monoisotopic (exact) mass is 371 g/mol. The van der Waals surface area contributed by atoms with Gasteiger partial charge in [-0.05, 0) is 48.6 Å². The van der Waals surface area contributed by atoms with Gasteiger partial charge in [-0.2, -0.15) is 0 Å². The standard InChI is InChI=1S/C20H25N3O2S/c1-15-5-6-17(14-16(15)2)20(25)23-11-9-22(10-12-23)8-7-21-19(24)18-4-3-13-26-18/h3-6,13-14H,7-12H2,1-2H3,(H,21,24). The summed E-state index contributed by atoms with van der Waals surface area (Å²) in [6.07, 6.45) is 0. The van der Waals surface area contributed by atoms with Crippen molar-refractivity contribution in [3.63, 3.8) is 0 Å². The van der Waals surface area contributed by atoms with Crippen LogP contribution < -0.4 is 5.32 Å². The predicted octanol–water partition coefficient (Wildman–Crippen LogP) is 2.55. The maximum absolute atomic E-state index is 12.7. The Labute approximate surface area is 158 Å². The number of hydrogen-bond acceptors (Lipinski definition) is 4. The normalized spacial score (nSPS) is 15.1. The summed E-state index contributed by atoms with van der Waals surface area (Å²) in [6, 6.07) is 9.61. The van der Waals surface area contributed by atoms with E-state index in [1.165, 1.54) is 16.9 Å². The molecule has 0 bridgehead atoms. The number of carbonyl (C=O) groups excluding carboxylic acids is 2. The summed E-state index contributed by atoms with van der Waals surface area (Å²) in [7, 11) is 0. The van der Waals surface area contributed by atoms with E-state index in [1.807, 2.05) is 47.5 Å². The highest BCUT2D eigenvalue weighted by Crippen LogP contribution is 2.13. The first-order valence-electron chi connectivity index (χ1n) is 8.95. The lowest BCUT2D eigenvalue weighted by Gasteiger charge is -2.34. The Morgan fingerprint density at radius 2 is 1.85 bits per heavy atom. The van der Waals surface area contributed by atoms with Crippen LogP contribution in [0.25, 0.3) is 0 Å². The number of nitrogens with one attached hydrogen (secondary N) is 1. The first-order chi connectivity index (χ1) is 12.5. The fourth-order valence-electron chi connectivity index (χ4n) is 3.05. The third-order valence-electron chi connectivity index (χ3n) is 4.87. The number of benzene rings is 1. The Bertz CT molecular complexity index is 765. The highest BCUT2D eigenvalue weighted by molar-refractivity contribution is 7.12. The van der Waals surface area contributed by atoms with E-state index < -0.39 is 0 Å². The van der Waals surface area contributed by atoms with Gasteiger partial charge in [0.2, 0.25) is 0 Å². The quantitative estimate of drug-likeness (QED) is 0.879.